The van der Waals surface area contributed by atoms with Gasteiger partial charge in [-0.05, 0) is 24.6 Å². The second-order valence-corrected chi connectivity index (χ2v) is 6.49. The van der Waals surface area contributed by atoms with Crippen molar-refractivity contribution in [1.82, 2.24) is 14.9 Å². The largest absolute Gasteiger partial charge is 0.495 e. The number of rotatable bonds is 3. The number of carbonyl (C=O) groups is 2. The summed E-state index contributed by atoms with van der Waals surface area (Å²) in [6.45, 7) is 3.77. The summed E-state index contributed by atoms with van der Waals surface area (Å²) in [6.07, 6.45) is 3.35. The maximum absolute atomic E-state index is 12.5. The van der Waals surface area contributed by atoms with Gasteiger partial charge in [-0.1, -0.05) is 11.6 Å². The van der Waals surface area contributed by atoms with Crippen LogP contribution in [0.2, 0.25) is 5.02 Å². The van der Waals surface area contributed by atoms with Crippen LogP contribution in [0.5, 0.6) is 5.75 Å². The molecule has 3 rings (SSSR count). The maximum atomic E-state index is 12.5. The molecule has 8 nitrogen and oxygen atoms in total. The van der Waals surface area contributed by atoms with Crippen LogP contribution in [0, 0.1) is 6.92 Å². The van der Waals surface area contributed by atoms with Gasteiger partial charge < -0.3 is 19.9 Å². The Bertz CT molecular complexity index is 838. The van der Waals surface area contributed by atoms with Gasteiger partial charge >= 0.3 is 11.8 Å². The summed E-state index contributed by atoms with van der Waals surface area (Å²) in [4.78, 5) is 36.8. The molecule has 27 heavy (non-hydrogen) atoms. The smallest absolute Gasteiger partial charge is 0.314 e. The SMILES string of the molecule is COc1cc(Cl)c(C)cc1NC(=O)C(=O)N1CCN(c2ncccn2)CC1. The average molecular weight is 390 g/mol. The van der Waals surface area contributed by atoms with E-state index in [1.165, 1.54) is 12.0 Å². The molecule has 0 unspecified atom stereocenters. The van der Waals surface area contributed by atoms with Gasteiger partial charge in [0.05, 0.1) is 12.8 Å². The molecule has 142 valence electrons. The average Bonchev–Trinajstić information content (AvgIpc) is 2.70. The van der Waals surface area contributed by atoms with Crippen molar-refractivity contribution in [2.45, 2.75) is 6.92 Å². The number of nitrogens with one attached hydrogen (secondary N) is 1. The number of carbonyl (C=O) groups excluding carboxylic acids is 2. The third-order valence-corrected chi connectivity index (χ3v) is 4.73. The van der Waals surface area contributed by atoms with Crippen LogP contribution in [0.1, 0.15) is 5.56 Å². The predicted molar refractivity (Wildman–Crippen MR) is 102 cm³/mol. The summed E-state index contributed by atoms with van der Waals surface area (Å²) >= 11 is 6.07. The lowest BCUT2D eigenvalue weighted by Gasteiger charge is -2.34. The lowest BCUT2D eigenvalue weighted by Crippen LogP contribution is -2.52. The van der Waals surface area contributed by atoms with Gasteiger partial charge in [-0.25, -0.2) is 9.97 Å². The van der Waals surface area contributed by atoms with E-state index in [0.717, 1.165) is 5.56 Å². The molecule has 1 fully saturated rings. The van der Waals surface area contributed by atoms with Crippen LogP contribution in [0.15, 0.2) is 30.6 Å². The van der Waals surface area contributed by atoms with Crippen LogP contribution in [0.25, 0.3) is 0 Å². The van der Waals surface area contributed by atoms with E-state index in [9.17, 15) is 9.59 Å². The molecule has 2 amide bonds. The second kappa shape index (κ2) is 8.22. The van der Waals surface area contributed by atoms with Crippen molar-refractivity contribution in [3.8, 4) is 5.75 Å². The third-order valence-electron chi connectivity index (χ3n) is 4.33. The number of benzene rings is 1. The Morgan fingerprint density at radius 1 is 1.15 bits per heavy atom. The summed E-state index contributed by atoms with van der Waals surface area (Å²) in [7, 11) is 1.48. The van der Waals surface area contributed by atoms with E-state index < -0.39 is 11.8 Å². The highest BCUT2D eigenvalue weighted by atomic mass is 35.5. The molecule has 0 radical (unpaired) electrons. The van der Waals surface area contributed by atoms with Gasteiger partial charge in [0.15, 0.2) is 0 Å². The van der Waals surface area contributed by atoms with Crippen LogP contribution < -0.4 is 15.0 Å². The van der Waals surface area contributed by atoms with Crippen molar-refractivity contribution in [1.29, 1.82) is 0 Å². The molecule has 0 atom stereocenters. The number of piperazine rings is 1. The van der Waals surface area contributed by atoms with E-state index in [4.69, 9.17) is 16.3 Å². The van der Waals surface area contributed by atoms with Gasteiger partial charge in [0.2, 0.25) is 5.95 Å². The third kappa shape index (κ3) is 4.28. The lowest BCUT2D eigenvalue weighted by atomic mass is 10.2. The summed E-state index contributed by atoms with van der Waals surface area (Å²) < 4.78 is 5.23. The fraction of sp³-hybridized carbons (Fsp3) is 0.333. The fourth-order valence-electron chi connectivity index (χ4n) is 2.81. The van der Waals surface area contributed by atoms with E-state index in [1.807, 2.05) is 11.8 Å². The van der Waals surface area contributed by atoms with Crippen molar-refractivity contribution in [2.24, 2.45) is 0 Å². The van der Waals surface area contributed by atoms with E-state index >= 15 is 0 Å². The van der Waals surface area contributed by atoms with E-state index in [0.29, 0.717) is 48.6 Å². The highest BCUT2D eigenvalue weighted by Crippen LogP contribution is 2.31. The Kier molecular flexibility index (Phi) is 5.75. The number of aromatic nitrogens is 2. The number of methoxy groups -OCH3 is 1. The molecule has 1 aliphatic rings. The van der Waals surface area contributed by atoms with Gasteiger partial charge in [-0.3, -0.25) is 9.59 Å². The van der Waals surface area contributed by atoms with E-state index in [2.05, 4.69) is 15.3 Å². The first-order valence-corrected chi connectivity index (χ1v) is 8.83. The summed E-state index contributed by atoms with van der Waals surface area (Å²) in [5, 5.41) is 3.14. The predicted octanol–water partition coefficient (Wildman–Crippen LogP) is 1.73. The van der Waals surface area contributed by atoms with Crippen molar-refractivity contribution in [3.05, 3.63) is 41.2 Å². The molecule has 9 heteroatoms. The molecule has 0 aliphatic carbocycles. The number of aryl methyl sites for hydroxylation is 1. The minimum absolute atomic E-state index is 0.401. The number of ether oxygens (including phenoxy) is 1. The number of hydrogen-bond acceptors (Lipinski definition) is 6. The first-order valence-electron chi connectivity index (χ1n) is 8.46. The first kappa shape index (κ1) is 18.9. The Morgan fingerprint density at radius 3 is 2.44 bits per heavy atom. The molecule has 2 aromatic rings. The molecule has 1 saturated heterocycles. The Hall–Kier alpha value is -2.87. The zero-order chi connectivity index (χ0) is 19.4. The molecule has 2 heterocycles. The molecule has 1 N–H and O–H groups in total. The minimum Gasteiger partial charge on any atom is -0.495 e. The molecule has 0 spiro atoms. The Labute approximate surface area is 162 Å². The van der Waals surface area contributed by atoms with Gasteiger partial charge in [0.1, 0.15) is 5.75 Å². The number of halogens is 1. The standard InChI is InChI=1S/C18H20ClN5O3/c1-12-10-14(15(27-2)11-13(12)19)22-16(25)17(26)23-6-8-24(9-7-23)18-20-4-3-5-21-18/h3-5,10-11H,6-9H2,1-2H3,(H,22,25). The van der Waals surface area contributed by atoms with Crippen LogP contribution in [-0.4, -0.2) is 60.0 Å². The number of anilines is 2. The number of hydrogen-bond donors (Lipinski definition) is 1. The number of nitrogens with zero attached hydrogens (tertiary/aromatic N) is 4. The fourth-order valence-corrected chi connectivity index (χ4v) is 2.97. The molecule has 1 aromatic heterocycles. The Balaban J connectivity index is 1.62. The summed E-state index contributed by atoms with van der Waals surface area (Å²) in [6, 6.07) is 5.03. The van der Waals surface area contributed by atoms with Crippen LogP contribution in [0.4, 0.5) is 11.6 Å². The summed E-state index contributed by atoms with van der Waals surface area (Å²) in [5.41, 5.74) is 1.19. The molecule has 1 aliphatic heterocycles. The molecular weight excluding hydrogens is 370 g/mol. The van der Waals surface area contributed by atoms with Crippen molar-refractivity contribution < 1.29 is 14.3 Å². The molecule has 0 bridgehead atoms. The zero-order valence-electron chi connectivity index (χ0n) is 15.1. The maximum Gasteiger partial charge on any atom is 0.314 e. The summed E-state index contributed by atoms with van der Waals surface area (Å²) in [5.74, 6) is -0.272. The lowest BCUT2D eigenvalue weighted by molar-refractivity contribution is -0.143. The Morgan fingerprint density at radius 2 is 1.81 bits per heavy atom. The van der Waals surface area contributed by atoms with Crippen molar-refractivity contribution in [3.63, 3.8) is 0 Å². The van der Waals surface area contributed by atoms with E-state index in [-0.39, 0.29) is 0 Å². The minimum atomic E-state index is -0.709. The highest BCUT2D eigenvalue weighted by Gasteiger charge is 2.27. The topological polar surface area (TPSA) is 87.7 Å². The van der Waals surface area contributed by atoms with Gasteiger partial charge in [-0.15, -0.1) is 0 Å². The van der Waals surface area contributed by atoms with Gasteiger partial charge in [0.25, 0.3) is 0 Å². The zero-order valence-corrected chi connectivity index (χ0v) is 15.9. The number of amides is 2. The normalized spacial score (nSPS) is 14.0. The van der Waals surface area contributed by atoms with Gasteiger partial charge in [-0.2, -0.15) is 0 Å². The van der Waals surface area contributed by atoms with E-state index in [1.54, 1.807) is 30.6 Å². The second-order valence-electron chi connectivity index (χ2n) is 6.08. The van der Waals surface area contributed by atoms with Crippen LogP contribution in [0.3, 0.4) is 0 Å². The first-order chi connectivity index (χ1) is 13.0. The van der Waals surface area contributed by atoms with Crippen molar-refractivity contribution >= 4 is 35.1 Å². The molecule has 1 aromatic carbocycles. The monoisotopic (exact) mass is 389 g/mol. The van der Waals surface area contributed by atoms with Crippen LogP contribution >= 0.6 is 11.6 Å². The molecular formula is C18H20ClN5O3. The molecule has 0 saturated carbocycles. The van der Waals surface area contributed by atoms with Gasteiger partial charge in [0, 0.05) is 49.7 Å². The van der Waals surface area contributed by atoms with Crippen LogP contribution in [-0.2, 0) is 9.59 Å². The highest BCUT2D eigenvalue weighted by molar-refractivity contribution is 6.39. The van der Waals surface area contributed by atoms with Crippen molar-refractivity contribution in [2.75, 3.05) is 43.5 Å². The quantitative estimate of drug-likeness (QED) is 0.804.